The zero-order valence-electron chi connectivity index (χ0n) is 12.2. The van der Waals surface area contributed by atoms with E-state index in [1.54, 1.807) is 7.11 Å². The van der Waals surface area contributed by atoms with E-state index in [0.717, 1.165) is 24.4 Å². The molecule has 1 aliphatic heterocycles. The maximum atomic E-state index is 10.7. The van der Waals surface area contributed by atoms with Gasteiger partial charge in [-0.1, -0.05) is 18.6 Å². The lowest BCUT2D eigenvalue weighted by atomic mass is 9.88. The van der Waals surface area contributed by atoms with Crippen LogP contribution in [0.5, 0.6) is 5.75 Å². The van der Waals surface area contributed by atoms with Crippen molar-refractivity contribution in [3.8, 4) is 5.75 Å². The highest BCUT2D eigenvalue weighted by molar-refractivity contribution is 5.31. The molecule has 1 fully saturated rings. The molecule has 1 aliphatic rings. The second-order valence-corrected chi connectivity index (χ2v) is 5.88. The number of aliphatic hydroxyl groups is 1. The van der Waals surface area contributed by atoms with Crippen LogP contribution in [0.2, 0.25) is 0 Å². The lowest BCUT2D eigenvalue weighted by Crippen LogP contribution is -2.50. The molecule has 3 nitrogen and oxygen atoms in total. The molecule has 0 spiro atoms. The number of nitrogens with zero attached hydrogens (tertiary/aromatic N) is 1. The molecular weight excluding hydrogens is 238 g/mol. The Kier molecular flexibility index (Phi) is 4.48. The predicted molar refractivity (Wildman–Crippen MR) is 77.5 cm³/mol. The number of likely N-dealkylation sites (tertiary alicyclic amines) is 1. The Labute approximate surface area is 116 Å². The predicted octanol–water partition coefficient (Wildman–Crippen LogP) is 2.99. The number of piperidine rings is 1. The smallest absolute Gasteiger partial charge is 0.119 e. The fourth-order valence-electron chi connectivity index (χ4n) is 2.86. The topological polar surface area (TPSA) is 32.7 Å². The van der Waals surface area contributed by atoms with Crippen LogP contribution in [-0.4, -0.2) is 35.7 Å². The van der Waals surface area contributed by atoms with Crippen molar-refractivity contribution in [1.29, 1.82) is 0 Å². The summed E-state index contributed by atoms with van der Waals surface area (Å²) < 4.78 is 5.24. The average Bonchev–Trinajstić information content (AvgIpc) is 2.47. The zero-order valence-corrected chi connectivity index (χ0v) is 12.2. The minimum absolute atomic E-state index is 0.243. The fourth-order valence-corrected chi connectivity index (χ4v) is 2.86. The van der Waals surface area contributed by atoms with Gasteiger partial charge in [0.25, 0.3) is 0 Å². The number of benzene rings is 1. The summed E-state index contributed by atoms with van der Waals surface area (Å²) in [5, 5.41) is 10.7. The molecule has 0 bridgehead atoms. The largest absolute Gasteiger partial charge is 0.497 e. The van der Waals surface area contributed by atoms with Gasteiger partial charge in [-0.25, -0.2) is 0 Å². The standard InChI is InChI=1S/C16H25NO2/c1-16(2,17-10-5-4-6-11-17)15(18)13-8-7-9-14(12-13)19-3/h7-9,12,15,18H,4-6,10-11H2,1-3H3. The molecule has 1 N–H and O–H groups in total. The van der Waals surface area contributed by atoms with Gasteiger partial charge in [0.05, 0.1) is 13.2 Å². The van der Waals surface area contributed by atoms with Gasteiger partial charge < -0.3 is 9.84 Å². The Morgan fingerprint density at radius 2 is 1.89 bits per heavy atom. The maximum absolute atomic E-state index is 10.7. The molecule has 1 heterocycles. The molecule has 3 heteroatoms. The van der Waals surface area contributed by atoms with Crippen LogP contribution >= 0.6 is 0 Å². The first kappa shape index (κ1) is 14.4. The van der Waals surface area contributed by atoms with Gasteiger partial charge in [-0.05, 0) is 57.5 Å². The SMILES string of the molecule is COc1cccc(C(O)C(C)(C)N2CCCCC2)c1. The third-order valence-electron chi connectivity index (χ3n) is 4.25. The highest BCUT2D eigenvalue weighted by atomic mass is 16.5. The summed E-state index contributed by atoms with van der Waals surface area (Å²) in [5.41, 5.74) is 0.683. The van der Waals surface area contributed by atoms with Gasteiger partial charge in [0, 0.05) is 5.54 Å². The van der Waals surface area contributed by atoms with Crippen LogP contribution in [0.25, 0.3) is 0 Å². The van der Waals surface area contributed by atoms with E-state index in [9.17, 15) is 5.11 Å². The molecule has 0 radical (unpaired) electrons. The van der Waals surface area contributed by atoms with Crippen molar-refractivity contribution in [1.82, 2.24) is 4.90 Å². The number of hydrogen-bond acceptors (Lipinski definition) is 3. The van der Waals surface area contributed by atoms with Crippen molar-refractivity contribution in [2.24, 2.45) is 0 Å². The lowest BCUT2D eigenvalue weighted by molar-refractivity contribution is -0.0209. The van der Waals surface area contributed by atoms with Gasteiger partial charge in [0.2, 0.25) is 0 Å². The van der Waals surface area contributed by atoms with Crippen LogP contribution < -0.4 is 4.74 Å². The average molecular weight is 263 g/mol. The Bertz CT molecular complexity index is 411. The summed E-state index contributed by atoms with van der Waals surface area (Å²) >= 11 is 0. The molecule has 19 heavy (non-hydrogen) atoms. The number of rotatable bonds is 4. The van der Waals surface area contributed by atoms with Crippen LogP contribution in [0.4, 0.5) is 0 Å². The highest BCUT2D eigenvalue weighted by Gasteiger charge is 2.35. The third-order valence-corrected chi connectivity index (χ3v) is 4.25. The van der Waals surface area contributed by atoms with E-state index in [2.05, 4.69) is 18.7 Å². The highest BCUT2D eigenvalue weighted by Crippen LogP contribution is 2.34. The molecule has 2 rings (SSSR count). The van der Waals surface area contributed by atoms with Crippen molar-refractivity contribution in [2.45, 2.75) is 44.8 Å². The number of ether oxygens (including phenoxy) is 1. The lowest BCUT2D eigenvalue weighted by Gasteiger charge is -2.44. The monoisotopic (exact) mass is 263 g/mol. The van der Waals surface area contributed by atoms with Gasteiger partial charge in [-0.2, -0.15) is 0 Å². The van der Waals surface area contributed by atoms with Crippen LogP contribution in [0.1, 0.15) is 44.8 Å². The van der Waals surface area contributed by atoms with E-state index in [0.29, 0.717) is 0 Å². The van der Waals surface area contributed by atoms with Crippen molar-refractivity contribution in [3.63, 3.8) is 0 Å². The summed E-state index contributed by atoms with van der Waals surface area (Å²) in [4.78, 5) is 2.40. The van der Waals surface area contributed by atoms with E-state index < -0.39 is 6.10 Å². The Hall–Kier alpha value is -1.06. The van der Waals surface area contributed by atoms with Gasteiger partial charge in [-0.3, -0.25) is 4.90 Å². The second kappa shape index (κ2) is 5.93. The fraction of sp³-hybridized carbons (Fsp3) is 0.625. The minimum Gasteiger partial charge on any atom is -0.497 e. The number of hydrogen-bond donors (Lipinski definition) is 1. The molecule has 1 atom stereocenters. The van der Waals surface area contributed by atoms with E-state index in [1.165, 1.54) is 19.3 Å². The van der Waals surface area contributed by atoms with Crippen molar-refractivity contribution in [3.05, 3.63) is 29.8 Å². The molecule has 0 aliphatic carbocycles. The summed E-state index contributed by atoms with van der Waals surface area (Å²) in [6.45, 7) is 6.41. The van der Waals surface area contributed by atoms with Gasteiger partial charge >= 0.3 is 0 Å². The van der Waals surface area contributed by atoms with Gasteiger partial charge in [-0.15, -0.1) is 0 Å². The Morgan fingerprint density at radius 1 is 1.21 bits per heavy atom. The summed E-state index contributed by atoms with van der Waals surface area (Å²) in [5.74, 6) is 0.797. The van der Waals surface area contributed by atoms with Crippen LogP contribution in [0, 0.1) is 0 Å². The summed E-state index contributed by atoms with van der Waals surface area (Å²) in [6.07, 6.45) is 3.27. The van der Waals surface area contributed by atoms with Gasteiger partial charge in [0.15, 0.2) is 0 Å². The van der Waals surface area contributed by atoms with Crippen LogP contribution in [-0.2, 0) is 0 Å². The Morgan fingerprint density at radius 3 is 2.53 bits per heavy atom. The van der Waals surface area contributed by atoms with Crippen LogP contribution in [0.3, 0.4) is 0 Å². The van der Waals surface area contributed by atoms with E-state index in [1.807, 2.05) is 24.3 Å². The van der Waals surface area contributed by atoms with Crippen LogP contribution in [0.15, 0.2) is 24.3 Å². The molecule has 106 valence electrons. The van der Waals surface area contributed by atoms with Crippen molar-refractivity contribution >= 4 is 0 Å². The maximum Gasteiger partial charge on any atom is 0.119 e. The van der Waals surface area contributed by atoms with E-state index in [-0.39, 0.29) is 5.54 Å². The molecule has 0 aromatic heterocycles. The molecule has 1 saturated heterocycles. The zero-order chi connectivity index (χ0) is 13.9. The quantitative estimate of drug-likeness (QED) is 0.906. The first-order valence-corrected chi connectivity index (χ1v) is 7.13. The molecule has 1 aromatic rings. The second-order valence-electron chi connectivity index (χ2n) is 5.88. The Balaban J connectivity index is 2.18. The van der Waals surface area contributed by atoms with Gasteiger partial charge in [0.1, 0.15) is 5.75 Å². The normalized spacial score (nSPS) is 19.2. The van der Waals surface area contributed by atoms with Crippen molar-refractivity contribution in [2.75, 3.05) is 20.2 Å². The molecular formula is C16H25NO2. The van der Waals surface area contributed by atoms with E-state index in [4.69, 9.17) is 4.74 Å². The molecule has 0 saturated carbocycles. The first-order chi connectivity index (χ1) is 9.05. The molecule has 1 unspecified atom stereocenters. The minimum atomic E-state index is -0.499. The number of aliphatic hydroxyl groups excluding tert-OH is 1. The molecule has 0 amide bonds. The third kappa shape index (κ3) is 3.10. The number of methoxy groups -OCH3 is 1. The van der Waals surface area contributed by atoms with Crippen molar-refractivity contribution < 1.29 is 9.84 Å². The molecule has 1 aromatic carbocycles. The summed E-state index contributed by atoms with van der Waals surface area (Å²) in [6, 6.07) is 7.74. The summed E-state index contributed by atoms with van der Waals surface area (Å²) in [7, 11) is 1.65. The first-order valence-electron chi connectivity index (χ1n) is 7.13. The van der Waals surface area contributed by atoms with E-state index >= 15 is 0 Å².